The first-order valence-electron chi connectivity index (χ1n) is 4.03. The van der Waals surface area contributed by atoms with Crippen LogP contribution in [0.3, 0.4) is 0 Å². The van der Waals surface area contributed by atoms with Gasteiger partial charge in [0.2, 0.25) is 0 Å². The molecule has 1 saturated carbocycles. The van der Waals surface area contributed by atoms with E-state index in [0.717, 1.165) is 24.1 Å². The molecule has 0 saturated heterocycles. The Labute approximate surface area is 69.2 Å². The standard InChI is InChI=1S/C8H17NS/c1-7-5-8(7)6-9(2)3-4-10/h7-8,10H,3-6H2,1-2H3. The van der Waals surface area contributed by atoms with Crippen LogP contribution in [0.4, 0.5) is 0 Å². The van der Waals surface area contributed by atoms with Crippen LogP contribution >= 0.6 is 12.6 Å². The van der Waals surface area contributed by atoms with E-state index in [4.69, 9.17) is 0 Å². The molecule has 0 bridgehead atoms. The van der Waals surface area contributed by atoms with Gasteiger partial charge in [-0.2, -0.15) is 12.6 Å². The fourth-order valence-corrected chi connectivity index (χ4v) is 1.66. The lowest BCUT2D eigenvalue weighted by atomic mass is 10.3. The lowest BCUT2D eigenvalue weighted by Crippen LogP contribution is -2.23. The largest absolute Gasteiger partial charge is 0.305 e. The zero-order chi connectivity index (χ0) is 7.56. The Morgan fingerprint density at radius 2 is 2.20 bits per heavy atom. The Morgan fingerprint density at radius 3 is 2.60 bits per heavy atom. The molecule has 0 heterocycles. The van der Waals surface area contributed by atoms with Crippen molar-refractivity contribution in [3.8, 4) is 0 Å². The summed E-state index contributed by atoms with van der Waals surface area (Å²) in [4.78, 5) is 2.38. The zero-order valence-corrected chi connectivity index (χ0v) is 7.77. The lowest BCUT2D eigenvalue weighted by molar-refractivity contribution is 0.334. The predicted octanol–water partition coefficient (Wildman–Crippen LogP) is 1.50. The SMILES string of the molecule is CC1CC1CN(C)CCS. The van der Waals surface area contributed by atoms with Crippen LogP contribution in [0, 0.1) is 11.8 Å². The maximum atomic E-state index is 4.18. The fraction of sp³-hybridized carbons (Fsp3) is 1.00. The lowest BCUT2D eigenvalue weighted by Gasteiger charge is -2.13. The van der Waals surface area contributed by atoms with Crippen LogP contribution in [0.2, 0.25) is 0 Å². The molecule has 0 N–H and O–H groups in total. The second kappa shape index (κ2) is 3.63. The van der Waals surface area contributed by atoms with Crippen molar-refractivity contribution in [1.82, 2.24) is 4.90 Å². The minimum atomic E-state index is 0.984. The van der Waals surface area contributed by atoms with E-state index in [-0.39, 0.29) is 0 Å². The molecule has 1 rings (SSSR count). The Morgan fingerprint density at radius 1 is 1.60 bits per heavy atom. The number of hydrogen-bond donors (Lipinski definition) is 1. The minimum absolute atomic E-state index is 0.984. The topological polar surface area (TPSA) is 3.24 Å². The minimum Gasteiger partial charge on any atom is -0.305 e. The quantitative estimate of drug-likeness (QED) is 0.608. The summed E-state index contributed by atoms with van der Waals surface area (Å²) in [7, 11) is 2.18. The number of thiol groups is 1. The summed E-state index contributed by atoms with van der Waals surface area (Å²) >= 11 is 4.18. The van der Waals surface area contributed by atoms with E-state index >= 15 is 0 Å². The van der Waals surface area contributed by atoms with Crippen molar-refractivity contribution in [2.75, 3.05) is 25.9 Å². The fourth-order valence-electron chi connectivity index (χ4n) is 1.32. The predicted molar refractivity (Wildman–Crippen MR) is 48.6 cm³/mol. The molecule has 2 atom stereocenters. The smallest absolute Gasteiger partial charge is 0.00669 e. The average Bonchev–Trinajstić information content (AvgIpc) is 2.47. The summed E-state index contributed by atoms with van der Waals surface area (Å²) in [6.45, 7) is 4.74. The van der Waals surface area contributed by atoms with Gasteiger partial charge < -0.3 is 4.90 Å². The molecular formula is C8H17NS. The highest BCUT2D eigenvalue weighted by Crippen LogP contribution is 2.37. The van der Waals surface area contributed by atoms with Gasteiger partial charge in [-0.3, -0.25) is 0 Å². The Hall–Kier alpha value is 0.310. The van der Waals surface area contributed by atoms with Gasteiger partial charge in [0, 0.05) is 18.8 Å². The van der Waals surface area contributed by atoms with Crippen molar-refractivity contribution in [1.29, 1.82) is 0 Å². The van der Waals surface area contributed by atoms with Gasteiger partial charge in [0.05, 0.1) is 0 Å². The molecule has 1 aliphatic rings. The van der Waals surface area contributed by atoms with Crippen LogP contribution in [0.15, 0.2) is 0 Å². The van der Waals surface area contributed by atoms with Crippen molar-refractivity contribution in [3.05, 3.63) is 0 Å². The van der Waals surface area contributed by atoms with Crippen molar-refractivity contribution < 1.29 is 0 Å². The van der Waals surface area contributed by atoms with Gasteiger partial charge in [-0.1, -0.05) is 6.92 Å². The number of hydrogen-bond acceptors (Lipinski definition) is 2. The van der Waals surface area contributed by atoms with E-state index in [9.17, 15) is 0 Å². The molecular weight excluding hydrogens is 142 g/mol. The van der Waals surface area contributed by atoms with Crippen LogP contribution in [0.25, 0.3) is 0 Å². The molecule has 60 valence electrons. The summed E-state index contributed by atoms with van der Waals surface area (Å²) in [5.41, 5.74) is 0. The van der Waals surface area contributed by atoms with Gasteiger partial charge in [-0.15, -0.1) is 0 Å². The summed E-state index contributed by atoms with van der Waals surface area (Å²) in [6, 6.07) is 0. The maximum absolute atomic E-state index is 4.18. The monoisotopic (exact) mass is 159 g/mol. The van der Waals surface area contributed by atoms with Crippen molar-refractivity contribution in [2.45, 2.75) is 13.3 Å². The van der Waals surface area contributed by atoms with Gasteiger partial charge in [0.25, 0.3) is 0 Å². The molecule has 0 aromatic carbocycles. The first-order chi connectivity index (χ1) is 4.74. The average molecular weight is 159 g/mol. The summed E-state index contributed by atoms with van der Waals surface area (Å²) in [5, 5.41) is 0. The molecule has 0 spiro atoms. The molecule has 1 fully saturated rings. The molecule has 10 heavy (non-hydrogen) atoms. The van der Waals surface area contributed by atoms with Crippen LogP contribution in [0.1, 0.15) is 13.3 Å². The molecule has 0 aromatic heterocycles. The van der Waals surface area contributed by atoms with E-state index in [1.807, 2.05) is 0 Å². The molecule has 1 nitrogen and oxygen atoms in total. The zero-order valence-electron chi connectivity index (χ0n) is 6.88. The first kappa shape index (κ1) is 8.41. The Kier molecular flexibility index (Phi) is 3.05. The van der Waals surface area contributed by atoms with E-state index < -0.39 is 0 Å². The normalized spacial score (nSPS) is 31.2. The second-order valence-corrected chi connectivity index (χ2v) is 3.91. The third kappa shape index (κ3) is 2.51. The molecule has 0 amide bonds. The Balaban J connectivity index is 2.01. The first-order valence-corrected chi connectivity index (χ1v) is 4.66. The third-order valence-electron chi connectivity index (χ3n) is 2.30. The van der Waals surface area contributed by atoms with Crippen molar-refractivity contribution in [3.63, 3.8) is 0 Å². The van der Waals surface area contributed by atoms with Crippen molar-refractivity contribution in [2.24, 2.45) is 11.8 Å². The highest BCUT2D eigenvalue weighted by Gasteiger charge is 2.32. The van der Waals surface area contributed by atoms with Gasteiger partial charge in [0.1, 0.15) is 0 Å². The number of nitrogens with zero attached hydrogens (tertiary/aromatic N) is 1. The van der Waals surface area contributed by atoms with E-state index in [2.05, 4.69) is 31.5 Å². The van der Waals surface area contributed by atoms with Crippen LogP contribution in [-0.2, 0) is 0 Å². The summed E-state index contributed by atoms with van der Waals surface area (Å²) < 4.78 is 0. The van der Waals surface area contributed by atoms with E-state index in [1.54, 1.807) is 0 Å². The number of rotatable bonds is 4. The molecule has 2 unspecified atom stereocenters. The summed E-state index contributed by atoms with van der Waals surface area (Å²) in [6.07, 6.45) is 1.44. The highest BCUT2D eigenvalue weighted by molar-refractivity contribution is 7.80. The maximum Gasteiger partial charge on any atom is 0.00669 e. The van der Waals surface area contributed by atoms with Gasteiger partial charge >= 0.3 is 0 Å². The summed E-state index contributed by atoms with van der Waals surface area (Å²) in [5.74, 6) is 2.96. The molecule has 0 aliphatic heterocycles. The van der Waals surface area contributed by atoms with Crippen LogP contribution < -0.4 is 0 Å². The van der Waals surface area contributed by atoms with Gasteiger partial charge in [0.15, 0.2) is 0 Å². The molecule has 1 aliphatic carbocycles. The second-order valence-electron chi connectivity index (χ2n) is 3.46. The molecule has 2 heteroatoms. The Bertz CT molecular complexity index is 105. The highest BCUT2D eigenvalue weighted by atomic mass is 32.1. The van der Waals surface area contributed by atoms with E-state index in [0.29, 0.717) is 0 Å². The van der Waals surface area contributed by atoms with E-state index in [1.165, 1.54) is 13.0 Å². The third-order valence-corrected chi connectivity index (χ3v) is 2.50. The van der Waals surface area contributed by atoms with Crippen molar-refractivity contribution >= 4 is 12.6 Å². The molecule has 0 radical (unpaired) electrons. The van der Waals surface area contributed by atoms with Gasteiger partial charge in [-0.25, -0.2) is 0 Å². The molecule has 0 aromatic rings. The van der Waals surface area contributed by atoms with Crippen LogP contribution in [0.5, 0.6) is 0 Å². The van der Waals surface area contributed by atoms with Crippen LogP contribution in [-0.4, -0.2) is 30.8 Å². The van der Waals surface area contributed by atoms with Gasteiger partial charge in [-0.05, 0) is 25.3 Å².